The highest BCUT2D eigenvalue weighted by molar-refractivity contribution is 7.09. The van der Waals surface area contributed by atoms with Crippen molar-refractivity contribution in [3.8, 4) is 0 Å². The summed E-state index contributed by atoms with van der Waals surface area (Å²) in [5.74, 6) is -1.31. The van der Waals surface area contributed by atoms with Crippen molar-refractivity contribution in [3.05, 3.63) is 16.1 Å². The molecule has 20 heavy (non-hydrogen) atoms. The molecule has 1 aromatic rings. The second kappa shape index (κ2) is 5.88. The summed E-state index contributed by atoms with van der Waals surface area (Å²) in [6, 6.07) is -0.992. The first-order valence-corrected chi connectivity index (χ1v) is 7.54. The molecule has 3 unspecified atom stereocenters. The molecule has 110 valence electrons. The molecule has 0 bridgehead atoms. The molecule has 6 nitrogen and oxygen atoms in total. The molecule has 1 aliphatic rings. The maximum absolute atomic E-state index is 12.5. The summed E-state index contributed by atoms with van der Waals surface area (Å²) in [5, 5.41) is 11.7. The molecule has 0 saturated carbocycles. The third-order valence-corrected chi connectivity index (χ3v) is 4.62. The van der Waals surface area contributed by atoms with E-state index in [4.69, 9.17) is 5.73 Å². The first kappa shape index (κ1) is 14.9. The van der Waals surface area contributed by atoms with E-state index in [9.17, 15) is 14.7 Å². The second-order valence-corrected chi connectivity index (χ2v) is 6.15. The fraction of sp³-hybridized carbons (Fsp3) is 0.615. The summed E-state index contributed by atoms with van der Waals surface area (Å²) in [4.78, 5) is 29.5. The lowest BCUT2D eigenvalue weighted by Gasteiger charge is -2.36. The summed E-state index contributed by atoms with van der Waals surface area (Å²) in [6.07, 6.45) is 1.64. The Morgan fingerprint density at radius 1 is 1.60 bits per heavy atom. The number of nitrogens with zero attached hydrogens (tertiary/aromatic N) is 2. The summed E-state index contributed by atoms with van der Waals surface area (Å²) in [7, 11) is 0. The standard InChI is InChI=1S/C13H19N3O3S/c1-7-4-3-5-16(10(7)13(18)19)12(17)9-6-20-11(15-9)8(2)14/h6-8,10H,3-5,14H2,1-2H3,(H,18,19). The first-order valence-electron chi connectivity index (χ1n) is 6.66. The van der Waals surface area contributed by atoms with Crippen molar-refractivity contribution in [2.45, 2.75) is 38.8 Å². The molecule has 3 N–H and O–H groups in total. The van der Waals surface area contributed by atoms with Crippen molar-refractivity contribution in [2.75, 3.05) is 6.54 Å². The average Bonchev–Trinajstić information content (AvgIpc) is 2.86. The van der Waals surface area contributed by atoms with Gasteiger partial charge in [-0.3, -0.25) is 4.79 Å². The Bertz CT molecular complexity index is 515. The normalized spacial score (nSPS) is 24.4. The zero-order chi connectivity index (χ0) is 14.9. The molecule has 1 fully saturated rings. The first-order chi connectivity index (χ1) is 9.41. The Morgan fingerprint density at radius 3 is 2.85 bits per heavy atom. The molecular weight excluding hydrogens is 278 g/mol. The molecule has 0 radical (unpaired) electrons. The molecule has 1 aliphatic heterocycles. The van der Waals surface area contributed by atoms with Gasteiger partial charge in [-0.15, -0.1) is 11.3 Å². The molecule has 2 rings (SSSR count). The SMILES string of the molecule is CC(N)c1nc(C(=O)N2CCCC(C)C2C(=O)O)cs1. The molecule has 1 saturated heterocycles. The van der Waals surface area contributed by atoms with Gasteiger partial charge in [0, 0.05) is 11.9 Å². The highest BCUT2D eigenvalue weighted by Gasteiger charge is 2.38. The Morgan fingerprint density at radius 2 is 2.30 bits per heavy atom. The van der Waals surface area contributed by atoms with Crippen LogP contribution in [0.25, 0.3) is 0 Å². The van der Waals surface area contributed by atoms with Crippen LogP contribution in [0.3, 0.4) is 0 Å². The number of carbonyl (C=O) groups is 2. The Hall–Kier alpha value is -1.47. The minimum Gasteiger partial charge on any atom is -0.480 e. The van der Waals surface area contributed by atoms with Crippen LogP contribution in [0, 0.1) is 5.92 Å². The van der Waals surface area contributed by atoms with Crippen molar-refractivity contribution in [1.29, 1.82) is 0 Å². The van der Waals surface area contributed by atoms with Gasteiger partial charge >= 0.3 is 5.97 Å². The molecule has 3 atom stereocenters. The van der Waals surface area contributed by atoms with Crippen LogP contribution >= 0.6 is 11.3 Å². The van der Waals surface area contributed by atoms with E-state index in [2.05, 4.69) is 4.98 Å². The van der Waals surface area contributed by atoms with Crippen molar-refractivity contribution >= 4 is 23.2 Å². The van der Waals surface area contributed by atoms with E-state index in [0.717, 1.165) is 12.8 Å². The predicted octanol–water partition coefficient (Wildman–Crippen LogP) is 1.49. The van der Waals surface area contributed by atoms with Crippen molar-refractivity contribution < 1.29 is 14.7 Å². The average molecular weight is 297 g/mol. The largest absolute Gasteiger partial charge is 0.480 e. The molecule has 7 heteroatoms. The quantitative estimate of drug-likeness (QED) is 0.881. The minimum absolute atomic E-state index is 0.0447. The number of thiazole rings is 1. The number of nitrogens with two attached hydrogens (primary N) is 1. The lowest BCUT2D eigenvalue weighted by molar-refractivity contribution is -0.145. The van der Waals surface area contributed by atoms with Gasteiger partial charge in [-0.2, -0.15) is 0 Å². The highest BCUT2D eigenvalue weighted by Crippen LogP contribution is 2.26. The third-order valence-electron chi connectivity index (χ3n) is 3.58. The molecule has 0 aliphatic carbocycles. The number of hydrogen-bond acceptors (Lipinski definition) is 5. The van der Waals surface area contributed by atoms with E-state index in [1.807, 2.05) is 6.92 Å². The number of carbonyl (C=O) groups excluding carboxylic acids is 1. The van der Waals surface area contributed by atoms with Crippen molar-refractivity contribution in [2.24, 2.45) is 11.7 Å². The number of aromatic nitrogens is 1. The number of piperidine rings is 1. The number of likely N-dealkylation sites (tertiary alicyclic amines) is 1. The van der Waals surface area contributed by atoms with Crippen LogP contribution in [0.1, 0.15) is 48.2 Å². The van der Waals surface area contributed by atoms with Gasteiger partial charge in [-0.25, -0.2) is 9.78 Å². The van der Waals surface area contributed by atoms with Gasteiger partial charge in [0.15, 0.2) is 0 Å². The van der Waals surface area contributed by atoms with Crippen molar-refractivity contribution in [1.82, 2.24) is 9.88 Å². The fourth-order valence-electron chi connectivity index (χ4n) is 2.53. The van der Waals surface area contributed by atoms with E-state index in [1.165, 1.54) is 16.2 Å². The minimum atomic E-state index is -0.951. The monoisotopic (exact) mass is 297 g/mol. The fourth-order valence-corrected chi connectivity index (χ4v) is 3.29. The van der Waals surface area contributed by atoms with Gasteiger partial charge in [-0.05, 0) is 25.7 Å². The van der Waals surface area contributed by atoms with E-state index in [-0.39, 0.29) is 17.9 Å². The smallest absolute Gasteiger partial charge is 0.326 e. The summed E-state index contributed by atoms with van der Waals surface area (Å²) in [5.41, 5.74) is 6.03. The number of amides is 1. The summed E-state index contributed by atoms with van der Waals surface area (Å²) in [6.45, 7) is 4.13. The Labute approximate surface area is 121 Å². The van der Waals surface area contributed by atoms with Crippen molar-refractivity contribution in [3.63, 3.8) is 0 Å². The van der Waals surface area contributed by atoms with Gasteiger partial charge in [-0.1, -0.05) is 6.92 Å². The molecule has 1 aromatic heterocycles. The second-order valence-electron chi connectivity index (χ2n) is 5.26. The van der Waals surface area contributed by atoms with Crippen LogP contribution in [0.4, 0.5) is 0 Å². The van der Waals surface area contributed by atoms with Crippen LogP contribution in [0.15, 0.2) is 5.38 Å². The summed E-state index contributed by atoms with van der Waals surface area (Å²) >= 11 is 1.33. The van der Waals surface area contributed by atoms with Gasteiger partial charge < -0.3 is 15.7 Å². The van der Waals surface area contributed by atoms with Crippen LogP contribution in [0.5, 0.6) is 0 Å². The zero-order valence-corrected chi connectivity index (χ0v) is 12.4. The zero-order valence-electron chi connectivity index (χ0n) is 11.6. The molecular formula is C13H19N3O3S. The number of rotatable bonds is 3. The molecule has 2 heterocycles. The topological polar surface area (TPSA) is 96.5 Å². The molecule has 0 aromatic carbocycles. The highest BCUT2D eigenvalue weighted by atomic mass is 32.1. The van der Waals surface area contributed by atoms with E-state index in [0.29, 0.717) is 17.2 Å². The molecule has 0 spiro atoms. The van der Waals surface area contributed by atoms with Crippen LogP contribution in [-0.2, 0) is 4.79 Å². The third kappa shape index (κ3) is 2.83. The number of hydrogen-bond donors (Lipinski definition) is 2. The predicted molar refractivity (Wildman–Crippen MR) is 75.6 cm³/mol. The van der Waals surface area contributed by atoms with Gasteiger partial charge in [0.2, 0.25) is 0 Å². The van der Waals surface area contributed by atoms with E-state index in [1.54, 1.807) is 12.3 Å². The van der Waals surface area contributed by atoms with Crippen LogP contribution < -0.4 is 5.73 Å². The van der Waals surface area contributed by atoms with Gasteiger partial charge in [0.1, 0.15) is 16.7 Å². The number of carboxylic acid groups (broad SMARTS) is 1. The van der Waals surface area contributed by atoms with E-state index < -0.39 is 12.0 Å². The number of carboxylic acids is 1. The maximum Gasteiger partial charge on any atom is 0.326 e. The van der Waals surface area contributed by atoms with Gasteiger partial charge in [0.05, 0.1) is 6.04 Å². The Balaban J connectivity index is 2.23. The van der Waals surface area contributed by atoms with Crippen LogP contribution in [-0.4, -0.2) is 39.5 Å². The maximum atomic E-state index is 12.5. The molecule has 1 amide bonds. The van der Waals surface area contributed by atoms with E-state index >= 15 is 0 Å². The summed E-state index contributed by atoms with van der Waals surface area (Å²) < 4.78 is 0. The lowest BCUT2D eigenvalue weighted by Crippen LogP contribution is -2.52. The van der Waals surface area contributed by atoms with Gasteiger partial charge in [0.25, 0.3) is 5.91 Å². The number of aliphatic carboxylic acids is 1. The van der Waals surface area contributed by atoms with Crippen LogP contribution in [0.2, 0.25) is 0 Å². The Kier molecular flexibility index (Phi) is 4.39. The lowest BCUT2D eigenvalue weighted by atomic mass is 9.90.